The van der Waals surface area contributed by atoms with Crippen molar-refractivity contribution in [1.82, 2.24) is 10.2 Å². The lowest BCUT2D eigenvalue weighted by Crippen LogP contribution is -2.64. The maximum atomic E-state index is 12.9. The Labute approximate surface area is 152 Å². The van der Waals surface area contributed by atoms with Crippen LogP contribution in [0, 0.1) is 0 Å². The molecular weight excluding hydrogens is 336 g/mol. The number of amides is 2. The smallest absolute Gasteiger partial charge is 0.246 e. The number of fused-ring (bicyclic) bond motifs is 7. The van der Waals surface area contributed by atoms with Crippen LogP contribution in [0.1, 0.15) is 24.0 Å². The van der Waals surface area contributed by atoms with Crippen LogP contribution in [0.5, 0.6) is 5.75 Å². The maximum absolute atomic E-state index is 12.9. The molecule has 2 N–H and O–H groups in total. The Balaban J connectivity index is 1.90. The molecule has 7 nitrogen and oxygen atoms in total. The van der Waals surface area contributed by atoms with Gasteiger partial charge in [0.25, 0.3) is 0 Å². The third-order valence-corrected chi connectivity index (χ3v) is 4.74. The summed E-state index contributed by atoms with van der Waals surface area (Å²) in [5, 5.41) is 12.5. The number of nitrogens with zero attached hydrogens (tertiary/aromatic N) is 1. The molecule has 1 aromatic rings. The lowest BCUT2D eigenvalue weighted by molar-refractivity contribution is -0.152. The summed E-state index contributed by atoms with van der Waals surface area (Å²) in [6.45, 7) is 0.731. The number of aliphatic hydroxyl groups is 1. The van der Waals surface area contributed by atoms with Gasteiger partial charge in [0.2, 0.25) is 11.8 Å². The molecule has 1 saturated heterocycles. The van der Waals surface area contributed by atoms with Crippen LogP contribution in [0.2, 0.25) is 0 Å². The minimum absolute atomic E-state index is 0.135. The Bertz CT molecular complexity index is 703. The standard InChI is InChI=1S/C19H24N2O5/c1-25-15-7-6-13(14(9-15)11-22)10-21-17-12-26-8-4-2-3-5-16(19(21)24)20-18(17)23/h2-3,6-7,9,16-17,22H,4-5,8,10-12H2,1H3,(H,20,23)/b3-2-/t16-,17-/m0/s1. The number of benzene rings is 1. The van der Waals surface area contributed by atoms with Gasteiger partial charge in [-0.3, -0.25) is 9.59 Å². The van der Waals surface area contributed by atoms with Crippen LogP contribution in [0.15, 0.2) is 30.4 Å². The molecule has 3 heterocycles. The minimum atomic E-state index is -0.675. The summed E-state index contributed by atoms with van der Waals surface area (Å²) < 4.78 is 10.8. The highest BCUT2D eigenvalue weighted by Gasteiger charge is 2.40. The molecule has 2 atom stereocenters. The fourth-order valence-corrected chi connectivity index (χ4v) is 3.25. The molecule has 26 heavy (non-hydrogen) atoms. The van der Waals surface area contributed by atoms with E-state index < -0.39 is 12.1 Å². The first-order valence-electron chi connectivity index (χ1n) is 8.74. The van der Waals surface area contributed by atoms with Crippen LogP contribution in [0.25, 0.3) is 0 Å². The highest BCUT2D eigenvalue weighted by molar-refractivity contribution is 5.97. The van der Waals surface area contributed by atoms with Gasteiger partial charge in [-0.15, -0.1) is 0 Å². The lowest BCUT2D eigenvalue weighted by atomic mass is 10.0. The molecule has 2 amide bonds. The molecule has 2 bridgehead atoms. The van der Waals surface area contributed by atoms with Crippen molar-refractivity contribution in [3.63, 3.8) is 0 Å². The molecule has 1 aromatic carbocycles. The van der Waals surface area contributed by atoms with Crippen molar-refractivity contribution in [3.05, 3.63) is 41.5 Å². The summed E-state index contributed by atoms with van der Waals surface area (Å²) in [7, 11) is 1.56. The molecule has 0 aliphatic carbocycles. The predicted molar refractivity (Wildman–Crippen MR) is 94.4 cm³/mol. The van der Waals surface area contributed by atoms with Crippen molar-refractivity contribution >= 4 is 11.8 Å². The molecule has 0 saturated carbocycles. The number of ether oxygens (including phenoxy) is 2. The molecule has 0 radical (unpaired) electrons. The van der Waals surface area contributed by atoms with Gasteiger partial charge in [0, 0.05) is 6.54 Å². The van der Waals surface area contributed by atoms with E-state index in [-0.39, 0.29) is 31.6 Å². The van der Waals surface area contributed by atoms with Crippen LogP contribution in [-0.4, -0.2) is 54.2 Å². The van der Waals surface area contributed by atoms with E-state index in [4.69, 9.17) is 9.47 Å². The Morgan fingerprint density at radius 2 is 2.15 bits per heavy atom. The van der Waals surface area contributed by atoms with Gasteiger partial charge < -0.3 is 24.8 Å². The Hall–Kier alpha value is -2.38. The van der Waals surface area contributed by atoms with Crippen LogP contribution in [-0.2, 0) is 27.5 Å². The fraction of sp³-hybridized carbons (Fsp3) is 0.474. The lowest BCUT2D eigenvalue weighted by Gasteiger charge is -2.38. The second kappa shape index (κ2) is 8.33. The van der Waals surface area contributed by atoms with E-state index in [2.05, 4.69) is 5.32 Å². The largest absolute Gasteiger partial charge is 0.497 e. The zero-order valence-corrected chi connectivity index (χ0v) is 14.8. The van der Waals surface area contributed by atoms with E-state index >= 15 is 0 Å². The molecule has 4 rings (SSSR count). The van der Waals surface area contributed by atoms with Gasteiger partial charge in [-0.25, -0.2) is 0 Å². The number of piperazine rings is 1. The van der Waals surface area contributed by atoms with Crippen molar-refractivity contribution in [2.75, 3.05) is 20.3 Å². The van der Waals surface area contributed by atoms with Crippen molar-refractivity contribution in [1.29, 1.82) is 0 Å². The average molecular weight is 360 g/mol. The summed E-state index contributed by atoms with van der Waals surface area (Å²) in [6, 6.07) is 4.09. The highest BCUT2D eigenvalue weighted by atomic mass is 16.5. The van der Waals surface area contributed by atoms with Gasteiger partial charge in [-0.05, 0) is 36.1 Å². The Morgan fingerprint density at radius 1 is 1.31 bits per heavy atom. The zero-order valence-electron chi connectivity index (χ0n) is 14.8. The zero-order chi connectivity index (χ0) is 18.5. The number of hydrogen-bond acceptors (Lipinski definition) is 5. The van der Waals surface area contributed by atoms with Crippen molar-refractivity contribution < 1.29 is 24.2 Å². The SMILES string of the molecule is COc1ccc(CN2C(=O)[C@@H]3C/C=C\CCOC[C@H]2C(=O)N3)c(CO)c1. The first-order chi connectivity index (χ1) is 12.6. The second-order valence-electron chi connectivity index (χ2n) is 6.41. The van der Waals surface area contributed by atoms with E-state index in [9.17, 15) is 14.7 Å². The molecule has 140 valence electrons. The molecule has 3 aliphatic rings. The molecular formula is C19H24N2O5. The summed E-state index contributed by atoms with van der Waals surface area (Å²) in [5.41, 5.74) is 1.45. The van der Waals surface area contributed by atoms with Crippen molar-refractivity contribution in [2.24, 2.45) is 0 Å². The maximum Gasteiger partial charge on any atom is 0.246 e. The van der Waals surface area contributed by atoms with Gasteiger partial charge in [-0.1, -0.05) is 18.2 Å². The normalized spacial score (nSPS) is 24.8. The quantitative estimate of drug-likeness (QED) is 0.774. The molecule has 0 aromatic heterocycles. The van der Waals surface area contributed by atoms with Gasteiger partial charge >= 0.3 is 0 Å². The molecule has 0 spiro atoms. The van der Waals surface area contributed by atoms with Crippen LogP contribution in [0.4, 0.5) is 0 Å². The van der Waals surface area contributed by atoms with Crippen molar-refractivity contribution in [2.45, 2.75) is 38.1 Å². The van der Waals surface area contributed by atoms with E-state index in [1.54, 1.807) is 24.1 Å². The van der Waals surface area contributed by atoms with Crippen LogP contribution < -0.4 is 10.1 Å². The second-order valence-corrected chi connectivity index (χ2v) is 6.41. The third-order valence-electron chi connectivity index (χ3n) is 4.74. The summed E-state index contributed by atoms with van der Waals surface area (Å²) >= 11 is 0. The molecule has 3 aliphatic heterocycles. The highest BCUT2D eigenvalue weighted by Crippen LogP contribution is 2.23. The third kappa shape index (κ3) is 3.89. The van der Waals surface area contributed by atoms with Crippen LogP contribution in [0.3, 0.4) is 0 Å². The van der Waals surface area contributed by atoms with Gasteiger partial charge in [-0.2, -0.15) is 0 Å². The van der Waals surface area contributed by atoms with Gasteiger partial charge in [0.1, 0.15) is 17.8 Å². The summed E-state index contributed by atoms with van der Waals surface area (Å²) in [5.74, 6) is 0.294. The average Bonchev–Trinajstić information content (AvgIpc) is 2.71. The Morgan fingerprint density at radius 3 is 2.92 bits per heavy atom. The number of carbonyl (C=O) groups is 2. The first-order valence-corrected chi connectivity index (χ1v) is 8.74. The monoisotopic (exact) mass is 360 g/mol. The summed E-state index contributed by atoms with van der Waals surface area (Å²) in [4.78, 5) is 27.0. The van der Waals surface area contributed by atoms with Gasteiger partial charge in [0.15, 0.2) is 0 Å². The first kappa shape index (κ1) is 18.4. The number of nitrogens with one attached hydrogen (secondary N) is 1. The number of aliphatic hydroxyl groups excluding tert-OH is 1. The van der Waals surface area contributed by atoms with E-state index in [0.717, 1.165) is 12.0 Å². The summed E-state index contributed by atoms with van der Waals surface area (Å²) in [6.07, 6.45) is 5.09. The number of carbonyl (C=O) groups excluding carboxylic acids is 2. The fourth-order valence-electron chi connectivity index (χ4n) is 3.25. The van der Waals surface area contributed by atoms with E-state index in [1.165, 1.54) is 0 Å². The number of hydrogen-bond donors (Lipinski definition) is 2. The Kier molecular flexibility index (Phi) is 5.90. The predicted octanol–water partition coefficient (Wildman–Crippen LogP) is 0.750. The van der Waals surface area contributed by atoms with Gasteiger partial charge in [0.05, 0.1) is 26.9 Å². The molecule has 7 heteroatoms. The minimum Gasteiger partial charge on any atom is -0.497 e. The van der Waals surface area contributed by atoms with E-state index in [0.29, 0.717) is 24.3 Å². The number of rotatable bonds is 4. The van der Waals surface area contributed by atoms with Crippen LogP contribution >= 0.6 is 0 Å². The topological polar surface area (TPSA) is 88.1 Å². The molecule has 1 fully saturated rings. The number of methoxy groups -OCH3 is 1. The van der Waals surface area contributed by atoms with Crippen molar-refractivity contribution in [3.8, 4) is 5.75 Å². The molecule has 0 unspecified atom stereocenters. The van der Waals surface area contributed by atoms with E-state index in [1.807, 2.05) is 18.2 Å².